The molecule has 3 amide bonds. The monoisotopic (exact) mass is 408 g/mol. The number of rotatable bonds is 6. The summed E-state index contributed by atoms with van der Waals surface area (Å²) in [5, 5.41) is 3.55. The Morgan fingerprint density at radius 2 is 1.69 bits per heavy atom. The summed E-state index contributed by atoms with van der Waals surface area (Å²) in [5.41, 5.74) is 1.34. The largest absolute Gasteiger partial charge is 0.324 e. The fraction of sp³-hybridized carbons (Fsp3) is 0.167. The third-order valence-corrected chi connectivity index (χ3v) is 5.26. The molecule has 0 unspecified atom stereocenters. The molecule has 2 aromatic rings. The molecular weight excluding hydrogens is 395 g/mol. The van der Waals surface area contributed by atoms with E-state index in [1.165, 1.54) is 16.7 Å². The van der Waals surface area contributed by atoms with Gasteiger partial charge in [-0.05, 0) is 30.3 Å². The number of thioether (sulfide) groups is 1. The van der Waals surface area contributed by atoms with E-state index < -0.39 is 0 Å². The Labute approximate surface area is 164 Å². The van der Waals surface area contributed by atoms with E-state index in [0.717, 1.165) is 0 Å². The lowest BCUT2D eigenvalue weighted by atomic mass is 10.1. The molecule has 3 rings (SSSR count). The molecule has 0 spiro atoms. The number of hydrogen-bond donors (Lipinski definition) is 1. The van der Waals surface area contributed by atoms with Crippen LogP contribution in [0.25, 0.3) is 0 Å². The zero-order valence-electron chi connectivity index (χ0n) is 13.5. The van der Waals surface area contributed by atoms with Gasteiger partial charge in [-0.25, -0.2) is 0 Å². The van der Waals surface area contributed by atoms with Crippen LogP contribution in [0.4, 0.5) is 5.69 Å². The van der Waals surface area contributed by atoms with Gasteiger partial charge in [0.2, 0.25) is 5.91 Å². The molecule has 1 heterocycles. The summed E-state index contributed by atoms with van der Waals surface area (Å²) >= 11 is 13.2. The number of benzene rings is 2. The van der Waals surface area contributed by atoms with Gasteiger partial charge >= 0.3 is 0 Å². The zero-order valence-corrected chi connectivity index (χ0v) is 15.8. The third kappa shape index (κ3) is 4.03. The molecule has 0 atom stereocenters. The van der Waals surface area contributed by atoms with Gasteiger partial charge in [-0.2, -0.15) is 11.8 Å². The Morgan fingerprint density at radius 1 is 1.04 bits per heavy atom. The smallest absolute Gasteiger partial charge is 0.261 e. The molecule has 0 aliphatic carbocycles. The normalized spacial score (nSPS) is 13.1. The molecule has 0 aromatic heterocycles. The van der Waals surface area contributed by atoms with Crippen LogP contribution < -0.4 is 5.32 Å². The van der Waals surface area contributed by atoms with Crippen LogP contribution in [0.15, 0.2) is 42.5 Å². The number of fused-ring (bicyclic) bond motifs is 1. The van der Waals surface area contributed by atoms with E-state index in [2.05, 4.69) is 5.32 Å². The number of carbonyl (C=O) groups excluding carboxylic acids is 3. The van der Waals surface area contributed by atoms with Crippen LogP contribution in [0.2, 0.25) is 10.0 Å². The van der Waals surface area contributed by atoms with Gasteiger partial charge < -0.3 is 5.32 Å². The van der Waals surface area contributed by atoms with Gasteiger partial charge in [0.1, 0.15) is 0 Å². The van der Waals surface area contributed by atoms with Crippen molar-refractivity contribution in [3.8, 4) is 0 Å². The van der Waals surface area contributed by atoms with Crippen LogP contribution in [-0.2, 0) is 4.79 Å². The second-order valence-corrected chi connectivity index (χ2v) is 7.48. The fourth-order valence-corrected chi connectivity index (χ4v) is 3.71. The number of anilines is 1. The molecule has 8 heteroatoms. The molecule has 0 saturated heterocycles. The predicted molar refractivity (Wildman–Crippen MR) is 104 cm³/mol. The lowest BCUT2D eigenvalue weighted by Gasteiger charge is -2.13. The van der Waals surface area contributed by atoms with E-state index >= 15 is 0 Å². The number of nitrogens with one attached hydrogen (secondary N) is 1. The molecule has 0 radical (unpaired) electrons. The van der Waals surface area contributed by atoms with Crippen molar-refractivity contribution >= 4 is 58.4 Å². The average Bonchev–Trinajstić information content (AvgIpc) is 2.86. The third-order valence-electron chi connectivity index (χ3n) is 3.78. The first-order valence-corrected chi connectivity index (χ1v) is 9.66. The molecule has 1 N–H and O–H groups in total. The van der Waals surface area contributed by atoms with E-state index in [-0.39, 0.29) is 30.0 Å². The quantitative estimate of drug-likeness (QED) is 0.580. The highest BCUT2D eigenvalue weighted by atomic mass is 35.5. The molecule has 134 valence electrons. The molecule has 0 bridgehead atoms. The maximum Gasteiger partial charge on any atom is 0.261 e. The predicted octanol–water partition coefficient (Wildman–Crippen LogP) is 3.96. The summed E-state index contributed by atoms with van der Waals surface area (Å²) in [6, 6.07) is 11.6. The minimum Gasteiger partial charge on any atom is -0.324 e. The van der Waals surface area contributed by atoms with Gasteiger partial charge in [0.15, 0.2) is 0 Å². The SMILES string of the molecule is O=C(CSCCN1C(=O)c2ccccc2C1=O)Nc1ccc(Cl)cc1Cl. The van der Waals surface area contributed by atoms with Gasteiger partial charge in [0.25, 0.3) is 11.8 Å². The average molecular weight is 409 g/mol. The highest BCUT2D eigenvalue weighted by Crippen LogP contribution is 2.26. The van der Waals surface area contributed by atoms with Crippen molar-refractivity contribution in [2.75, 3.05) is 23.4 Å². The van der Waals surface area contributed by atoms with E-state index in [0.29, 0.717) is 32.6 Å². The lowest BCUT2D eigenvalue weighted by molar-refractivity contribution is -0.113. The highest BCUT2D eigenvalue weighted by Gasteiger charge is 2.34. The second-order valence-electron chi connectivity index (χ2n) is 5.53. The van der Waals surface area contributed by atoms with Crippen molar-refractivity contribution in [3.05, 3.63) is 63.6 Å². The molecule has 2 aromatic carbocycles. The summed E-state index contributed by atoms with van der Waals surface area (Å²) in [6.45, 7) is 0.256. The number of hydrogen-bond acceptors (Lipinski definition) is 4. The van der Waals surface area contributed by atoms with Crippen LogP contribution in [0, 0.1) is 0 Å². The molecule has 0 saturated carbocycles. The van der Waals surface area contributed by atoms with Crippen molar-refractivity contribution in [2.24, 2.45) is 0 Å². The summed E-state index contributed by atoms with van der Waals surface area (Å²) < 4.78 is 0. The fourth-order valence-electron chi connectivity index (χ4n) is 2.54. The van der Waals surface area contributed by atoms with Gasteiger partial charge in [0.05, 0.1) is 27.6 Å². The number of carbonyl (C=O) groups is 3. The van der Waals surface area contributed by atoms with E-state index in [9.17, 15) is 14.4 Å². The first kappa shape index (κ1) is 18.8. The first-order valence-electron chi connectivity index (χ1n) is 7.75. The summed E-state index contributed by atoms with van der Waals surface area (Å²) in [4.78, 5) is 37.7. The molecule has 1 aliphatic rings. The Morgan fingerprint density at radius 3 is 2.31 bits per heavy atom. The summed E-state index contributed by atoms with van der Waals surface area (Å²) in [6.07, 6.45) is 0. The van der Waals surface area contributed by atoms with Gasteiger partial charge in [-0.1, -0.05) is 35.3 Å². The molecule has 0 fully saturated rings. The van der Waals surface area contributed by atoms with Crippen LogP contribution in [0.5, 0.6) is 0 Å². The molecule has 5 nitrogen and oxygen atoms in total. The highest BCUT2D eigenvalue weighted by molar-refractivity contribution is 7.99. The molecule has 26 heavy (non-hydrogen) atoms. The van der Waals surface area contributed by atoms with E-state index in [1.807, 2.05) is 0 Å². The van der Waals surface area contributed by atoms with Crippen molar-refractivity contribution in [3.63, 3.8) is 0 Å². The maximum absolute atomic E-state index is 12.2. The van der Waals surface area contributed by atoms with E-state index in [1.54, 1.807) is 42.5 Å². The Bertz CT molecular complexity index is 853. The standard InChI is InChI=1S/C18H14Cl2N2O3S/c19-11-5-6-15(14(20)9-11)21-16(23)10-26-8-7-22-17(24)12-3-1-2-4-13(12)18(22)25/h1-6,9H,7-8,10H2,(H,21,23). The van der Waals surface area contributed by atoms with E-state index in [4.69, 9.17) is 23.2 Å². The molecular formula is C18H14Cl2N2O3S. The van der Waals surface area contributed by atoms with Crippen LogP contribution >= 0.6 is 35.0 Å². The van der Waals surface area contributed by atoms with Gasteiger partial charge in [0, 0.05) is 17.3 Å². The van der Waals surface area contributed by atoms with Crippen LogP contribution in [0.1, 0.15) is 20.7 Å². The van der Waals surface area contributed by atoms with Gasteiger partial charge in [-0.15, -0.1) is 0 Å². The van der Waals surface area contributed by atoms with Crippen molar-refractivity contribution in [1.29, 1.82) is 0 Å². The second kappa shape index (κ2) is 8.12. The number of imide groups is 1. The molecule has 1 aliphatic heterocycles. The summed E-state index contributed by atoms with van der Waals surface area (Å²) in [7, 11) is 0. The number of nitrogens with zero attached hydrogens (tertiary/aromatic N) is 1. The van der Waals surface area contributed by atoms with Crippen LogP contribution in [0.3, 0.4) is 0 Å². The summed E-state index contributed by atoms with van der Waals surface area (Å²) in [5.74, 6) is -0.149. The van der Waals surface area contributed by atoms with Gasteiger partial charge in [-0.3, -0.25) is 19.3 Å². The first-order chi connectivity index (χ1) is 12.5. The zero-order chi connectivity index (χ0) is 18.7. The Kier molecular flexibility index (Phi) is 5.86. The van der Waals surface area contributed by atoms with Crippen molar-refractivity contribution < 1.29 is 14.4 Å². The number of amides is 3. The maximum atomic E-state index is 12.2. The number of halogens is 2. The minimum absolute atomic E-state index is 0.183. The van der Waals surface area contributed by atoms with Crippen molar-refractivity contribution in [2.45, 2.75) is 0 Å². The van der Waals surface area contributed by atoms with Crippen molar-refractivity contribution in [1.82, 2.24) is 4.90 Å². The lowest BCUT2D eigenvalue weighted by Crippen LogP contribution is -2.32. The Hall–Kier alpha value is -2.02. The topological polar surface area (TPSA) is 66.5 Å². The van der Waals surface area contributed by atoms with Crippen LogP contribution in [-0.4, -0.2) is 40.7 Å². The Balaban J connectivity index is 1.47. The minimum atomic E-state index is -0.288.